The molecule has 18 heavy (non-hydrogen) atoms. The van der Waals surface area contributed by atoms with Crippen molar-refractivity contribution in [3.05, 3.63) is 11.4 Å². The van der Waals surface area contributed by atoms with E-state index in [1.165, 1.54) is 4.68 Å². The molecule has 1 aromatic heterocycles. The van der Waals surface area contributed by atoms with Gasteiger partial charge in [0.1, 0.15) is 4.90 Å². The minimum Gasteiger partial charge on any atom is -0.387 e. The van der Waals surface area contributed by atoms with Crippen molar-refractivity contribution in [2.75, 3.05) is 6.54 Å². The van der Waals surface area contributed by atoms with Crippen molar-refractivity contribution >= 4 is 15.9 Å². The quantitative estimate of drug-likeness (QED) is 0.513. The van der Waals surface area contributed by atoms with Gasteiger partial charge in [-0.15, -0.1) is 0 Å². The number of hydrogen-bond donors (Lipinski definition) is 3. The summed E-state index contributed by atoms with van der Waals surface area (Å²) in [6.45, 7) is 5.14. The SMILES string of the molecule is Cc1nn(C)c(C)c1S(=O)(=O)NCC(C)C(=N)N. The molecule has 1 rings (SSSR count). The van der Waals surface area contributed by atoms with E-state index < -0.39 is 10.0 Å². The number of aryl methyl sites for hydroxylation is 2. The summed E-state index contributed by atoms with van der Waals surface area (Å²) in [5.41, 5.74) is 6.34. The Morgan fingerprint density at radius 2 is 2.11 bits per heavy atom. The lowest BCUT2D eigenvalue weighted by atomic mass is 10.2. The van der Waals surface area contributed by atoms with Gasteiger partial charge >= 0.3 is 0 Å². The number of nitrogens with one attached hydrogen (secondary N) is 2. The van der Waals surface area contributed by atoms with Gasteiger partial charge in [0.25, 0.3) is 0 Å². The number of amidine groups is 1. The molecule has 0 saturated carbocycles. The first-order chi connectivity index (χ1) is 8.16. The Hall–Kier alpha value is -1.41. The molecule has 7 nitrogen and oxygen atoms in total. The topological polar surface area (TPSA) is 114 Å². The summed E-state index contributed by atoms with van der Waals surface area (Å²) in [6, 6.07) is 0. The molecular formula is C10H19N5O2S. The third-order valence-electron chi connectivity index (χ3n) is 2.82. The number of hydrogen-bond acceptors (Lipinski definition) is 4. The molecule has 0 bridgehead atoms. The highest BCUT2D eigenvalue weighted by atomic mass is 32.2. The molecule has 0 aliphatic heterocycles. The Balaban J connectivity index is 2.97. The Morgan fingerprint density at radius 3 is 2.50 bits per heavy atom. The van der Waals surface area contributed by atoms with E-state index >= 15 is 0 Å². The van der Waals surface area contributed by atoms with E-state index in [1.807, 2.05) is 0 Å². The van der Waals surface area contributed by atoms with Crippen LogP contribution in [-0.4, -0.2) is 30.6 Å². The summed E-state index contributed by atoms with van der Waals surface area (Å²) in [6.07, 6.45) is 0. The van der Waals surface area contributed by atoms with Crippen LogP contribution in [0.15, 0.2) is 4.90 Å². The molecule has 0 saturated heterocycles. The fraction of sp³-hybridized carbons (Fsp3) is 0.600. The van der Waals surface area contributed by atoms with Gasteiger partial charge < -0.3 is 5.73 Å². The van der Waals surface area contributed by atoms with Gasteiger partial charge in [0.05, 0.1) is 17.2 Å². The molecule has 0 aliphatic rings. The number of nitrogens with zero attached hydrogens (tertiary/aromatic N) is 2. The maximum absolute atomic E-state index is 12.1. The van der Waals surface area contributed by atoms with Gasteiger partial charge in [-0.05, 0) is 13.8 Å². The van der Waals surface area contributed by atoms with Crippen LogP contribution in [0.1, 0.15) is 18.3 Å². The van der Waals surface area contributed by atoms with Gasteiger partial charge in [-0.1, -0.05) is 6.92 Å². The normalized spacial score (nSPS) is 13.6. The fourth-order valence-electron chi connectivity index (χ4n) is 1.56. The number of sulfonamides is 1. The first-order valence-corrected chi connectivity index (χ1v) is 6.99. The molecule has 0 radical (unpaired) electrons. The van der Waals surface area contributed by atoms with E-state index in [0.717, 1.165) is 0 Å². The van der Waals surface area contributed by atoms with Gasteiger partial charge in [-0.25, -0.2) is 13.1 Å². The van der Waals surface area contributed by atoms with E-state index in [4.69, 9.17) is 11.1 Å². The minimum absolute atomic E-state index is 0.0441. The summed E-state index contributed by atoms with van der Waals surface area (Å²) in [5.74, 6) is -0.380. The van der Waals surface area contributed by atoms with Crippen molar-refractivity contribution in [2.45, 2.75) is 25.7 Å². The molecule has 1 unspecified atom stereocenters. The van der Waals surface area contributed by atoms with Crippen LogP contribution in [-0.2, 0) is 17.1 Å². The molecule has 0 aliphatic carbocycles. The second-order valence-corrected chi connectivity index (χ2v) is 6.04. The predicted octanol–water partition coefficient (Wildman–Crippen LogP) is -0.113. The van der Waals surface area contributed by atoms with Crippen LogP contribution >= 0.6 is 0 Å². The highest BCUT2D eigenvalue weighted by Crippen LogP contribution is 2.18. The summed E-state index contributed by atoms with van der Waals surface area (Å²) in [4.78, 5) is 0.195. The summed E-state index contributed by atoms with van der Waals surface area (Å²) < 4.78 is 28.3. The van der Waals surface area contributed by atoms with Crippen molar-refractivity contribution in [1.29, 1.82) is 5.41 Å². The Labute approximate surface area is 107 Å². The fourth-order valence-corrected chi connectivity index (χ4v) is 3.12. The van der Waals surface area contributed by atoms with Crippen molar-refractivity contribution < 1.29 is 8.42 Å². The van der Waals surface area contributed by atoms with Crippen LogP contribution in [0.25, 0.3) is 0 Å². The van der Waals surface area contributed by atoms with Gasteiger partial charge in [0.2, 0.25) is 10.0 Å². The molecule has 4 N–H and O–H groups in total. The first-order valence-electron chi connectivity index (χ1n) is 5.50. The third kappa shape index (κ3) is 2.88. The highest BCUT2D eigenvalue weighted by molar-refractivity contribution is 7.89. The molecule has 0 amide bonds. The molecule has 102 valence electrons. The van der Waals surface area contributed by atoms with Crippen LogP contribution in [0.3, 0.4) is 0 Å². The third-order valence-corrected chi connectivity index (χ3v) is 4.50. The van der Waals surface area contributed by atoms with Crippen LogP contribution < -0.4 is 10.5 Å². The van der Waals surface area contributed by atoms with E-state index in [0.29, 0.717) is 11.4 Å². The molecular weight excluding hydrogens is 254 g/mol. The zero-order chi connectivity index (χ0) is 14.1. The number of aromatic nitrogens is 2. The summed E-state index contributed by atoms with van der Waals surface area (Å²) >= 11 is 0. The molecule has 1 heterocycles. The molecule has 8 heteroatoms. The van der Waals surface area contributed by atoms with E-state index in [2.05, 4.69) is 9.82 Å². The lowest BCUT2D eigenvalue weighted by Gasteiger charge is -2.11. The number of rotatable bonds is 5. The van der Waals surface area contributed by atoms with Crippen LogP contribution in [0.5, 0.6) is 0 Å². The molecule has 0 fully saturated rings. The Bertz CT molecular complexity index is 561. The lowest BCUT2D eigenvalue weighted by molar-refractivity contribution is 0.572. The zero-order valence-corrected chi connectivity index (χ0v) is 11.8. The van der Waals surface area contributed by atoms with Crippen molar-refractivity contribution in [2.24, 2.45) is 18.7 Å². The Kier molecular flexibility index (Phi) is 4.12. The highest BCUT2D eigenvalue weighted by Gasteiger charge is 2.24. The standard InChI is InChI=1S/C10H19N5O2S/c1-6(10(11)12)5-13-18(16,17)9-7(2)14-15(4)8(9)3/h6,13H,5H2,1-4H3,(H3,11,12). The molecule has 1 atom stereocenters. The van der Waals surface area contributed by atoms with Gasteiger partial charge in [-0.3, -0.25) is 10.1 Å². The van der Waals surface area contributed by atoms with Gasteiger partial charge in [0, 0.05) is 19.5 Å². The van der Waals surface area contributed by atoms with Crippen LogP contribution in [0, 0.1) is 25.2 Å². The average molecular weight is 273 g/mol. The summed E-state index contributed by atoms with van der Waals surface area (Å²) in [7, 11) is -1.92. The van der Waals surface area contributed by atoms with E-state index in [-0.39, 0.29) is 23.2 Å². The van der Waals surface area contributed by atoms with Gasteiger partial charge in [0.15, 0.2) is 0 Å². The second kappa shape index (κ2) is 5.07. The monoisotopic (exact) mass is 273 g/mol. The largest absolute Gasteiger partial charge is 0.387 e. The average Bonchev–Trinajstić information content (AvgIpc) is 2.50. The smallest absolute Gasteiger partial charge is 0.244 e. The van der Waals surface area contributed by atoms with E-state index in [9.17, 15) is 8.42 Å². The van der Waals surface area contributed by atoms with Crippen molar-refractivity contribution in [1.82, 2.24) is 14.5 Å². The molecule has 1 aromatic rings. The predicted molar refractivity (Wildman–Crippen MR) is 68.9 cm³/mol. The second-order valence-electron chi connectivity index (χ2n) is 4.33. The van der Waals surface area contributed by atoms with Crippen molar-refractivity contribution in [3.63, 3.8) is 0 Å². The summed E-state index contributed by atoms with van der Waals surface area (Å²) in [5, 5.41) is 11.3. The minimum atomic E-state index is -3.61. The maximum Gasteiger partial charge on any atom is 0.244 e. The van der Waals surface area contributed by atoms with Crippen LogP contribution in [0.2, 0.25) is 0 Å². The lowest BCUT2D eigenvalue weighted by Crippen LogP contribution is -2.34. The maximum atomic E-state index is 12.1. The van der Waals surface area contributed by atoms with Crippen molar-refractivity contribution in [3.8, 4) is 0 Å². The zero-order valence-electron chi connectivity index (χ0n) is 11.0. The molecule has 0 aromatic carbocycles. The number of nitrogens with two attached hydrogens (primary N) is 1. The first kappa shape index (κ1) is 14.7. The van der Waals surface area contributed by atoms with Gasteiger partial charge in [-0.2, -0.15) is 5.10 Å². The molecule has 0 spiro atoms. The van der Waals surface area contributed by atoms with E-state index in [1.54, 1.807) is 27.8 Å². The van der Waals surface area contributed by atoms with Crippen LogP contribution in [0.4, 0.5) is 0 Å². The Morgan fingerprint density at radius 1 is 1.56 bits per heavy atom.